The fourth-order valence-corrected chi connectivity index (χ4v) is 3.09. The minimum absolute atomic E-state index is 0.0152. The van der Waals surface area contributed by atoms with E-state index in [-0.39, 0.29) is 4.83 Å². The minimum atomic E-state index is -0.0152. The molecule has 0 saturated heterocycles. The summed E-state index contributed by atoms with van der Waals surface area (Å²) in [6.07, 6.45) is 0. The van der Waals surface area contributed by atoms with E-state index < -0.39 is 0 Å². The van der Waals surface area contributed by atoms with Crippen LogP contribution in [0, 0.1) is 6.92 Å². The second-order valence-corrected chi connectivity index (χ2v) is 6.10. The molecular formula is C15H13BrCl2O. The SMILES string of the molecule is COc1ccc(Cl)cc1C(Br)c1cc(C)cc(Cl)c1. The van der Waals surface area contributed by atoms with Crippen LogP contribution in [0.3, 0.4) is 0 Å². The number of halogens is 3. The summed E-state index contributed by atoms with van der Waals surface area (Å²) in [5.41, 5.74) is 3.18. The van der Waals surface area contributed by atoms with Crippen molar-refractivity contribution < 1.29 is 4.74 Å². The summed E-state index contributed by atoms with van der Waals surface area (Å²) in [4.78, 5) is -0.0152. The molecule has 0 saturated carbocycles. The molecule has 0 aromatic heterocycles. The monoisotopic (exact) mass is 358 g/mol. The number of alkyl halides is 1. The number of hydrogen-bond acceptors (Lipinski definition) is 1. The Balaban J connectivity index is 2.48. The van der Waals surface area contributed by atoms with Gasteiger partial charge in [0.15, 0.2) is 0 Å². The van der Waals surface area contributed by atoms with E-state index in [2.05, 4.69) is 22.0 Å². The third-order valence-corrected chi connectivity index (χ3v) is 4.30. The van der Waals surface area contributed by atoms with Crippen LogP contribution in [0.1, 0.15) is 21.5 Å². The van der Waals surface area contributed by atoms with Gasteiger partial charge in [0.05, 0.1) is 11.9 Å². The summed E-state index contributed by atoms with van der Waals surface area (Å²) in [6.45, 7) is 2.02. The van der Waals surface area contributed by atoms with E-state index in [0.29, 0.717) is 5.02 Å². The molecule has 0 aliphatic heterocycles. The van der Waals surface area contributed by atoms with Crippen molar-refractivity contribution in [3.63, 3.8) is 0 Å². The lowest BCUT2D eigenvalue weighted by atomic mass is 10.0. The van der Waals surface area contributed by atoms with Crippen LogP contribution in [0.15, 0.2) is 36.4 Å². The van der Waals surface area contributed by atoms with Gasteiger partial charge >= 0.3 is 0 Å². The highest BCUT2D eigenvalue weighted by molar-refractivity contribution is 9.09. The number of hydrogen-bond donors (Lipinski definition) is 0. The second kappa shape index (κ2) is 6.17. The van der Waals surface area contributed by atoms with Crippen LogP contribution in [0.2, 0.25) is 10.0 Å². The lowest BCUT2D eigenvalue weighted by Gasteiger charge is -2.16. The lowest BCUT2D eigenvalue weighted by molar-refractivity contribution is 0.410. The van der Waals surface area contributed by atoms with Gasteiger partial charge in [0.25, 0.3) is 0 Å². The van der Waals surface area contributed by atoms with Crippen molar-refractivity contribution in [1.29, 1.82) is 0 Å². The molecule has 2 aromatic carbocycles. The predicted octanol–water partition coefficient (Wildman–Crippen LogP) is 5.79. The topological polar surface area (TPSA) is 9.23 Å². The molecule has 1 unspecified atom stereocenters. The van der Waals surface area contributed by atoms with E-state index in [1.54, 1.807) is 7.11 Å². The lowest BCUT2D eigenvalue weighted by Crippen LogP contribution is -1.97. The van der Waals surface area contributed by atoms with Gasteiger partial charge in [-0.25, -0.2) is 0 Å². The van der Waals surface area contributed by atoms with Crippen molar-refractivity contribution in [2.24, 2.45) is 0 Å². The first kappa shape index (κ1) is 14.7. The molecule has 0 aliphatic carbocycles. The van der Waals surface area contributed by atoms with Crippen LogP contribution in [-0.2, 0) is 0 Å². The summed E-state index contributed by atoms with van der Waals surface area (Å²) in [5, 5.41) is 1.40. The number of aryl methyl sites for hydroxylation is 1. The van der Waals surface area contributed by atoms with Crippen molar-refractivity contribution in [1.82, 2.24) is 0 Å². The molecule has 0 heterocycles. The third kappa shape index (κ3) is 3.44. The van der Waals surface area contributed by atoms with Crippen LogP contribution < -0.4 is 4.74 Å². The molecule has 4 heteroatoms. The van der Waals surface area contributed by atoms with Crippen molar-refractivity contribution in [2.45, 2.75) is 11.8 Å². The van der Waals surface area contributed by atoms with E-state index in [1.165, 1.54) is 0 Å². The molecule has 0 spiro atoms. The van der Waals surface area contributed by atoms with Crippen LogP contribution in [0.4, 0.5) is 0 Å². The van der Waals surface area contributed by atoms with E-state index in [4.69, 9.17) is 27.9 Å². The van der Waals surface area contributed by atoms with Crippen LogP contribution in [0.25, 0.3) is 0 Å². The molecule has 0 fully saturated rings. The summed E-state index contributed by atoms with van der Waals surface area (Å²) in [5.74, 6) is 0.795. The van der Waals surface area contributed by atoms with Crippen molar-refractivity contribution in [2.75, 3.05) is 7.11 Å². The van der Waals surface area contributed by atoms with E-state index in [0.717, 1.165) is 27.5 Å². The van der Waals surface area contributed by atoms with Gasteiger partial charge < -0.3 is 4.74 Å². The first-order chi connectivity index (χ1) is 9.01. The van der Waals surface area contributed by atoms with E-state index in [9.17, 15) is 0 Å². The van der Waals surface area contributed by atoms with Crippen molar-refractivity contribution >= 4 is 39.1 Å². The first-order valence-electron chi connectivity index (χ1n) is 5.76. The van der Waals surface area contributed by atoms with Gasteiger partial charge in [0.2, 0.25) is 0 Å². The molecule has 0 bridgehead atoms. The highest BCUT2D eigenvalue weighted by atomic mass is 79.9. The highest BCUT2D eigenvalue weighted by Gasteiger charge is 2.16. The standard InChI is InChI=1S/C15H13BrCl2O/c1-9-5-10(7-12(18)6-9)15(16)13-8-11(17)3-4-14(13)19-2/h3-8,15H,1-2H3. The largest absolute Gasteiger partial charge is 0.496 e. The molecule has 1 nitrogen and oxygen atoms in total. The number of rotatable bonds is 3. The van der Waals surface area contributed by atoms with Crippen LogP contribution in [-0.4, -0.2) is 7.11 Å². The molecule has 0 aliphatic rings. The fourth-order valence-electron chi connectivity index (χ4n) is 1.99. The molecule has 100 valence electrons. The first-order valence-corrected chi connectivity index (χ1v) is 7.43. The summed E-state index contributed by atoms with van der Waals surface area (Å²) in [7, 11) is 1.65. The average Bonchev–Trinajstić information content (AvgIpc) is 2.36. The fraction of sp³-hybridized carbons (Fsp3) is 0.200. The Bertz CT molecular complexity index is 578. The maximum atomic E-state index is 6.11. The van der Waals surface area contributed by atoms with Crippen molar-refractivity contribution in [3.05, 3.63) is 63.1 Å². The number of methoxy groups -OCH3 is 1. The Morgan fingerprint density at radius 1 is 1.05 bits per heavy atom. The van der Waals surface area contributed by atoms with Gasteiger partial charge in [-0.3, -0.25) is 0 Å². The van der Waals surface area contributed by atoms with Crippen molar-refractivity contribution in [3.8, 4) is 5.75 Å². The molecule has 0 amide bonds. The van der Waals surface area contributed by atoms with E-state index in [1.807, 2.05) is 37.3 Å². The number of ether oxygens (including phenoxy) is 1. The van der Waals surface area contributed by atoms with Crippen LogP contribution >= 0.6 is 39.1 Å². The highest BCUT2D eigenvalue weighted by Crippen LogP contribution is 2.39. The summed E-state index contributed by atoms with van der Waals surface area (Å²) >= 11 is 15.9. The molecule has 19 heavy (non-hydrogen) atoms. The molecule has 2 rings (SSSR count). The van der Waals surface area contributed by atoms with Gasteiger partial charge in [-0.05, 0) is 48.4 Å². The number of benzene rings is 2. The molecule has 1 atom stereocenters. The molecule has 0 radical (unpaired) electrons. The zero-order valence-electron chi connectivity index (χ0n) is 10.6. The van der Waals surface area contributed by atoms with Crippen LogP contribution in [0.5, 0.6) is 5.75 Å². The Morgan fingerprint density at radius 3 is 2.42 bits per heavy atom. The zero-order valence-corrected chi connectivity index (χ0v) is 13.7. The smallest absolute Gasteiger partial charge is 0.123 e. The van der Waals surface area contributed by atoms with Gasteiger partial charge in [-0.1, -0.05) is 45.2 Å². The van der Waals surface area contributed by atoms with Gasteiger partial charge in [-0.2, -0.15) is 0 Å². The quantitative estimate of drug-likeness (QED) is 0.629. The predicted molar refractivity (Wildman–Crippen MR) is 85.0 cm³/mol. The second-order valence-electron chi connectivity index (χ2n) is 4.31. The summed E-state index contributed by atoms with van der Waals surface area (Å²) < 4.78 is 5.38. The van der Waals surface area contributed by atoms with E-state index >= 15 is 0 Å². The molecular weight excluding hydrogens is 347 g/mol. The maximum absolute atomic E-state index is 6.11. The third-order valence-electron chi connectivity index (χ3n) is 2.82. The maximum Gasteiger partial charge on any atom is 0.123 e. The average molecular weight is 360 g/mol. The normalized spacial score (nSPS) is 12.3. The summed E-state index contributed by atoms with van der Waals surface area (Å²) in [6, 6.07) is 11.5. The van der Waals surface area contributed by atoms with Gasteiger partial charge in [0.1, 0.15) is 5.75 Å². The molecule has 2 aromatic rings. The Labute approximate surface area is 131 Å². The van der Waals surface area contributed by atoms with Gasteiger partial charge in [-0.15, -0.1) is 0 Å². The Morgan fingerprint density at radius 2 is 1.79 bits per heavy atom. The Hall–Kier alpha value is -0.700. The Kier molecular flexibility index (Phi) is 4.77. The molecule has 0 N–H and O–H groups in total. The zero-order chi connectivity index (χ0) is 14.0. The van der Waals surface area contributed by atoms with Gasteiger partial charge in [0, 0.05) is 15.6 Å². The minimum Gasteiger partial charge on any atom is -0.496 e.